The van der Waals surface area contributed by atoms with Crippen molar-refractivity contribution in [3.8, 4) is 0 Å². The van der Waals surface area contributed by atoms with Gasteiger partial charge in [0.25, 0.3) is 0 Å². The van der Waals surface area contributed by atoms with E-state index in [1.807, 2.05) is 6.08 Å². The smallest absolute Gasteiger partial charge is 0.142 e. The van der Waals surface area contributed by atoms with E-state index in [1.54, 1.807) is 6.08 Å². The van der Waals surface area contributed by atoms with Gasteiger partial charge < -0.3 is 0 Å². The Hall–Kier alpha value is -1.37. The zero-order valence-electron chi connectivity index (χ0n) is 9.94. The number of hydrogen-bond acceptors (Lipinski definition) is 1. The van der Waals surface area contributed by atoms with Gasteiger partial charge >= 0.3 is 0 Å². The van der Waals surface area contributed by atoms with E-state index in [1.165, 1.54) is 24.0 Å². The second-order valence-corrected chi connectivity index (χ2v) is 4.63. The Morgan fingerprint density at radius 3 is 2.88 bits per heavy atom. The molecule has 16 heavy (non-hydrogen) atoms. The van der Waals surface area contributed by atoms with Gasteiger partial charge in [0.1, 0.15) is 6.29 Å². The Kier molecular flexibility index (Phi) is 3.23. The first-order valence-electron chi connectivity index (χ1n) is 6.02. The van der Waals surface area contributed by atoms with E-state index in [2.05, 4.69) is 32.0 Å². The minimum Gasteiger partial charge on any atom is -0.299 e. The van der Waals surface area contributed by atoms with Gasteiger partial charge in [-0.25, -0.2) is 0 Å². The summed E-state index contributed by atoms with van der Waals surface area (Å²) in [5.41, 5.74) is 4.12. The minimum absolute atomic E-state index is 0.657. The molecule has 1 aliphatic carbocycles. The number of aldehydes is 1. The van der Waals surface area contributed by atoms with Crippen molar-refractivity contribution >= 4 is 12.4 Å². The fourth-order valence-electron chi connectivity index (χ4n) is 2.71. The lowest BCUT2D eigenvalue weighted by molar-refractivity contribution is -0.104. The van der Waals surface area contributed by atoms with Crippen LogP contribution in [0.15, 0.2) is 24.3 Å². The number of carbonyl (C=O) groups is 1. The van der Waals surface area contributed by atoms with Gasteiger partial charge in [-0.2, -0.15) is 0 Å². The first kappa shape index (κ1) is 11.1. The molecule has 0 saturated carbocycles. The quantitative estimate of drug-likeness (QED) is 0.551. The fourth-order valence-corrected chi connectivity index (χ4v) is 2.71. The van der Waals surface area contributed by atoms with Crippen molar-refractivity contribution in [3.63, 3.8) is 0 Å². The van der Waals surface area contributed by atoms with Crippen LogP contribution in [0.5, 0.6) is 0 Å². The van der Waals surface area contributed by atoms with E-state index < -0.39 is 0 Å². The Morgan fingerprint density at radius 1 is 1.38 bits per heavy atom. The summed E-state index contributed by atoms with van der Waals surface area (Å²) in [5.74, 6) is 1.39. The number of fused-ring (bicyclic) bond motifs is 1. The van der Waals surface area contributed by atoms with Gasteiger partial charge in [0.05, 0.1) is 0 Å². The normalized spacial score (nSPS) is 23.6. The first-order chi connectivity index (χ1) is 7.76. The second kappa shape index (κ2) is 4.65. The van der Waals surface area contributed by atoms with Crippen molar-refractivity contribution in [3.05, 3.63) is 41.0 Å². The van der Waals surface area contributed by atoms with Gasteiger partial charge in [0.2, 0.25) is 0 Å². The highest BCUT2D eigenvalue weighted by Crippen LogP contribution is 2.43. The van der Waals surface area contributed by atoms with E-state index in [9.17, 15) is 4.79 Å². The molecule has 1 heteroatoms. The van der Waals surface area contributed by atoms with Gasteiger partial charge in [0.15, 0.2) is 0 Å². The summed E-state index contributed by atoms with van der Waals surface area (Å²) in [6.45, 7) is 4.55. The van der Waals surface area contributed by atoms with E-state index in [0.29, 0.717) is 5.92 Å². The van der Waals surface area contributed by atoms with Crippen LogP contribution in [0, 0.1) is 0 Å². The van der Waals surface area contributed by atoms with Crippen molar-refractivity contribution in [2.75, 3.05) is 0 Å². The molecule has 2 rings (SSSR count). The lowest BCUT2D eigenvalue weighted by atomic mass is 9.97. The second-order valence-electron chi connectivity index (χ2n) is 4.63. The van der Waals surface area contributed by atoms with E-state index in [0.717, 1.165) is 17.8 Å². The van der Waals surface area contributed by atoms with Crippen LogP contribution in [0.4, 0.5) is 0 Å². The molecule has 1 aliphatic rings. The number of allylic oxidation sites excluding steroid dienone is 1. The zero-order valence-corrected chi connectivity index (χ0v) is 9.94. The maximum Gasteiger partial charge on any atom is 0.142 e. The van der Waals surface area contributed by atoms with Gasteiger partial charge in [0, 0.05) is 0 Å². The fraction of sp³-hybridized carbons (Fsp3) is 0.400. The predicted molar refractivity (Wildman–Crippen MR) is 67.6 cm³/mol. The van der Waals surface area contributed by atoms with Crippen LogP contribution in [-0.2, 0) is 4.79 Å². The van der Waals surface area contributed by atoms with Crippen molar-refractivity contribution in [2.45, 2.75) is 38.5 Å². The summed E-state index contributed by atoms with van der Waals surface area (Å²) >= 11 is 0. The molecule has 0 aliphatic heterocycles. The van der Waals surface area contributed by atoms with Gasteiger partial charge in [-0.1, -0.05) is 38.1 Å². The Balaban J connectivity index is 2.35. The zero-order chi connectivity index (χ0) is 11.5. The molecule has 0 radical (unpaired) electrons. The number of carbonyl (C=O) groups excluding carboxylic acids is 1. The number of rotatable bonds is 3. The van der Waals surface area contributed by atoms with Crippen LogP contribution >= 0.6 is 0 Å². The van der Waals surface area contributed by atoms with Gasteiger partial charge in [-0.15, -0.1) is 0 Å². The summed E-state index contributed by atoms with van der Waals surface area (Å²) in [4.78, 5) is 10.3. The predicted octanol–water partition coefficient (Wildman–Crippen LogP) is 3.90. The lowest BCUT2D eigenvalue weighted by Gasteiger charge is -2.07. The Labute approximate surface area is 97.2 Å². The molecule has 0 heterocycles. The molecule has 1 aromatic carbocycles. The van der Waals surface area contributed by atoms with Crippen LogP contribution in [0.1, 0.15) is 55.2 Å². The van der Waals surface area contributed by atoms with Crippen LogP contribution < -0.4 is 0 Å². The van der Waals surface area contributed by atoms with E-state index in [-0.39, 0.29) is 0 Å². The molecule has 0 N–H and O–H groups in total. The van der Waals surface area contributed by atoms with Crippen LogP contribution in [0.3, 0.4) is 0 Å². The Bertz CT molecular complexity index is 417. The molecular weight excluding hydrogens is 196 g/mol. The molecule has 1 aromatic rings. The molecule has 0 aromatic heterocycles. The molecular formula is C15H18O. The third-order valence-corrected chi connectivity index (χ3v) is 3.58. The molecule has 84 valence electrons. The topological polar surface area (TPSA) is 17.1 Å². The monoisotopic (exact) mass is 214 g/mol. The van der Waals surface area contributed by atoms with Crippen molar-refractivity contribution in [1.29, 1.82) is 0 Å². The summed E-state index contributed by atoms with van der Waals surface area (Å²) in [5, 5.41) is 0. The summed E-state index contributed by atoms with van der Waals surface area (Å²) in [7, 11) is 0. The standard InChI is InChI=1S/C15H18O/c1-3-13-9-11(2)15-10-12(5-4-8-16)6-7-14(13)15/h4-8,10-11,13H,3,9H2,1-2H3. The maximum absolute atomic E-state index is 10.3. The van der Waals surface area contributed by atoms with E-state index in [4.69, 9.17) is 0 Å². The summed E-state index contributed by atoms with van der Waals surface area (Å²) < 4.78 is 0. The molecule has 0 fully saturated rings. The van der Waals surface area contributed by atoms with Crippen molar-refractivity contribution < 1.29 is 4.79 Å². The molecule has 0 saturated heterocycles. The SMILES string of the molecule is CCC1CC(C)c2cc(C=CC=O)ccc21. The van der Waals surface area contributed by atoms with Crippen molar-refractivity contribution in [1.82, 2.24) is 0 Å². The molecule has 0 spiro atoms. The van der Waals surface area contributed by atoms with E-state index >= 15 is 0 Å². The summed E-state index contributed by atoms with van der Waals surface area (Å²) in [6, 6.07) is 6.58. The summed E-state index contributed by atoms with van der Waals surface area (Å²) in [6.07, 6.45) is 6.75. The van der Waals surface area contributed by atoms with Crippen molar-refractivity contribution in [2.24, 2.45) is 0 Å². The third kappa shape index (κ3) is 1.95. The molecule has 0 amide bonds. The van der Waals surface area contributed by atoms with Gasteiger partial charge in [-0.3, -0.25) is 4.79 Å². The van der Waals surface area contributed by atoms with Crippen LogP contribution in [0.2, 0.25) is 0 Å². The van der Waals surface area contributed by atoms with Crippen LogP contribution in [-0.4, -0.2) is 6.29 Å². The number of benzene rings is 1. The first-order valence-corrected chi connectivity index (χ1v) is 6.02. The highest BCUT2D eigenvalue weighted by Gasteiger charge is 2.26. The molecule has 2 unspecified atom stereocenters. The van der Waals surface area contributed by atoms with Crippen LogP contribution in [0.25, 0.3) is 6.08 Å². The highest BCUT2D eigenvalue weighted by atomic mass is 16.1. The average molecular weight is 214 g/mol. The molecule has 2 atom stereocenters. The minimum atomic E-state index is 0.657. The molecule has 0 bridgehead atoms. The third-order valence-electron chi connectivity index (χ3n) is 3.58. The van der Waals surface area contributed by atoms with Gasteiger partial charge in [-0.05, 0) is 47.4 Å². The Morgan fingerprint density at radius 2 is 2.19 bits per heavy atom. The highest BCUT2D eigenvalue weighted by molar-refractivity contribution is 5.74. The largest absolute Gasteiger partial charge is 0.299 e. The maximum atomic E-state index is 10.3. The molecule has 1 nitrogen and oxygen atoms in total. The lowest BCUT2D eigenvalue weighted by Crippen LogP contribution is -1.90. The number of hydrogen-bond donors (Lipinski definition) is 0. The average Bonchev–Trinajstić information content (AvgIpc) is 2.63.